The zero-order valence-corrected chi connectivity index (χ0v) is 25.7. The zero-order chi connectivity index (χ0) is 31.6. The highest BCUT2D eigenvalue weighted by Gasteiger charge is 2.16. The quantitative estimate of drug-likeness (QED) is 0.112. The van der Waals surface area contributed by atoms with Crippen LogP contribution in [-0.4, -0.2) is 51.2 Å². The molecule has 1 aromatic heterocycles. The summed E-state index contributed by atoms with van der Waals surface area (Å²) in [5, 5.41) is 27.4. The van der Waals surface area contributed by atoms with Gasteiger partial charge in [0.2, 0.25) is 0 Å². The molecule has 0 saturated heterocycles. The van der Waals surface area contributed by atoms with Crippen molar-refractivity contribution in [2.75, 3.05) is 13.1 Å². The molecule has 1 heterocycles. The van der Waals surface area contributed by atoms with Gasteiger partial charge in [-0.1, -0.05) is 36.4 Å². The molecule has 0 amide bonds. The fraction of sp³-hybridized carbons (Fsp3) is 0.286. The number of unbranched alkanes of at least 4 members (excludes halogenated alkanes) is 1. The van der Waals surface area contributed by atoms with Gasteiger partial charge in [0.1, 0.15) is 12.4 Å². The Labute approximate surface area is 261 Å². The lowest BCUT2D eigenvalue weighted by Crippen LogP contribution is -2.27. The van der Waals surface area contributed by atoms with Gasteiger partial charge in [0, 0.05) is 34.8 Å². The molecule has 0 radical (unpaired) electrons. The number of hydrogen-bond acceptors (Lipinski definition) is 6. The van der Waals surface area contributed by atoms with E-state index in [2.05, 4.69) is 18.7 Å². The molecule has 0 bridgehead atoms. The molecular formula is C35H37NO7S. The van der Waals surface area contributed by atoms with E-state index in [1.54, 1.807) is 47.7 Å². The fourth-order valence-electron chi connectivity index (χ4n) is 5.16. The lowest BCUT2D eigenvalue weighted by molar-refractivity contribution is -0.137. The lowest BCUT2D eigenvalue weighted by atomic mass is 10.0. The third kappa shape index (κ3) is 9.02. The number of aromatic carboxylic acids is 2. The molecule has 0 aliphatic carbocycles. The van der Waals surface area contributed by atoms with Crippen LogP contribution in [0, 0.1) is 13.8 Å². The number of carbonyl (C=O) groups is 3. The summed E-state index contributed by atoms with van der Waals surface area (Å²) in [6, 6.07) is 21.4. The predicted molar refractivity (Wildman–Crippen MR) is 171 cm³/mol. The number of benzene rings is 3. The summed E-state index contributed by atoms with van der Waals surface area (Å²) in [4.78, 5) is 38.1. The van der Waals surface area contributed by atoms with Gasteiger partial charge in [0.05, 0.1) is 11.1 Å². The minimum atomic E-state index is -0.955. The van der Waals surface area contributed by atoms with Crippen molar-refractivity contribution < 1.29 is 34.4 Å². The van der Waals surface area contributed by atoms with E-state index >= 15 is 0 Å². The standard InChI is InChI=1S/C35H37NO7S/c1-23-31(18-20-36(19-4-3-5-33(37)38)21-25-6-8-28(9-7-25)34(39)40)32(24(2)44-23)22-43-30-16-14-27(15-17-30)26-10-12-29(13-11-26)35(41)42/h6-17H,3-5,18-22H2,1-2H3,(H,37,38)(H,39,40)(H,41,42). The van der Waals surface area contributed by atoms with Crippen molar-refractivity contribution in [1.82, 2.24) is 4.90 Å². The van der Waals surface area contributed by atoms with E-state index in [-0.39, 0.29) is 17.5 Å². The molecule has 44 heavy (non-hydrogen) atoms. The summed E-state index contributed by atoms with van der Waals surface area (Å²) >= 11 is 1.76. The smallest absolute Gasteiger partial charge is 0.335 e. The number of carboxylic acid groups (broad SMARTS) is 3. The number of rotatable bonds is 16. The molecule has 0 fully saturated rings. The van der Waals surface area contributed by atoms with Crippen LogP contribution < -0.4 is 4.74 Å². The maximum Gasteiger partial charge on any atom is 0.335 e. The van der Waals surface area contributed by atoms with Crippen LogP contribution in [0.3, 0.4) is 0 Å². The molecule has 230 valence electrons. The Bertz CT molecular complexity index is 1580. The molecule has 3 N–H and O–H groups in total. The molecule has 3 aromatic carbocycles. The molecule has 8 nitrogen and oxygen atoms in total. The van der Waals surface area contributed by atoms with Gasteiger partial charge in [-0.05, 0) is 98.3 Å². The van der Waals surface area contributed by atoms with Gasteiger partial charge in [-0.15, -0.1) is 11.3 Å². The summed E-state index contributed by atoms with van der Waals surface area (Å²) < 4.78 is 6.21. The summed E-state index contributed by atoms with van der Waals surface area (Å²) in [7, 11) is 0. The Morgan fingerprint density at radius 2 is 1.25 bits per heavy atom. The summed E-state index contributed by atoms with van der Waals surface area (Å²) in [6.07, 6.45) is 2.32. The second-order valence-electron chi connectivity index (χ2n) is 10.7. The van der Waals surface area contributed by atoms with Crippen molar-refractivity contribution in [2.45, 2.75) is 52.7 Å². The molecule has 0 spiro atoms. The highest BCUT2D eigenvalue weighted by Crippen LogP contribution is 2.30. The number of aliphatic carboxylic acids is 1. The van der Waals surface area contributed by atoms with E-state index in [1.165, 1.54) is 20.9 Å². The maximum absolute atomic E-state index is 11.3. The monoisotopic (exact) mass is 615 g/mol. The van der Waals surface area contributed by atoms with Gasteiger partial charge in [-0.2, -0.15) is 0 Å². The van der Waals surface area contributed by atoms with Crippen LogP contribution in [0.2, 0.25) is 0 Å². The normalized spacial score (nSPS) is 11.1. The van der Waals surface area contributed by atoms with Crippen LogP contribution in [0.4, 0.5) is 0 Å². The second kappa shape index (κ2) is 15.3. The zero-order valence-electron chi connectivity index (χ0n) is 24.9. The van der Waals surface area contributed by atoms with Gasteiger partial charge in [-0.25, -0.2) is 9.59 Å². The first-order valence-electron chi connectivity index (χ1n) is 14.5. The lowest BCUT2D eigenvalue weighted by Gasteiger charge is -2.23. The Hall–Kier alpha value is -4.47. The number of ether oxygens (including phenoxy) is 1. The van der Waals surface area contributed by atoms with E-state index in [4.69, 9.17) is 14.9 Å². The van der Waals surface area contributed by atoms with Crippen LogP contribution in [0.1, 0.15) is 66.4 Å². The molecule has 0 aliphatic rings. The van der Waals surface area contributed by atoms with Crippen molar-refractivity contribution in [3.05, 3.63) is 110 Å². The second-order valence-corrected chi connectivity index (χ2v) is 12.2. The maximum atomic E-state index is 11.3. The van der Waals surface area contributed by atoms with Crippen LogP contribution >= 0.6 is 11.3 Å². The summed E-state index contributed by atoms with van der Waals surface area (Å²) in [5.74, 6) is -1.95. The van der Waals surface area contributed by atoms with Gasteiger partial charge in [0.15, 0.2) is 0 Å². The summed E-state index contributed by atoms with van der Waals surface area (Å²) in [5.41, 5.74) is 5.85. The van der Waals surface area contributed by atoms with Crippen LogP contribution in [0.15, 0.2) is 72.8 Å². The number of carboxylic acids is 3. The topological polar surface area (TPSA) is 124 Å². The molecule has 0 unspecified atom stereocenters. The molecule has 4 aromatic rings. The van der Waals surface area contributed by atoms with E-state index in [9.17, 15) is 19.5 Å². The van der Waals surface area contributed by atoms with Gasteiger partial charge >= 0.3 is 17.9 Å². The molecule has 0 aliphatic heterocycles. The van der Waals surface area contributed by atoms with Crippen LogP contribution in [0.5, 0.6) is 5.75 Å². The van der Waals surface area contributed by atoms with Gasteiger partial charge < -0.3 is 20.1 Å². The van der Waals surface area contributed by atoms with Crippen molar-refractivity contribution in [1.29, 1.82) is 0 Å². The van der Waals surface area contributed by atoms with E-state index < -0.39 is 17.9 Å². The number of thiophene rings is 1. The average Bonchev–Trinajstić information content (AvgIpc) is 3.28. The Kier molecular flexibility index (Phi) is 11.3. The molecule has 4 rings (SSSR count). The minimum Gasteiger partial charge on any atom is -0.489 e. The molecular weight excluding hydrogens is 578 g/mol. The van der Waals surface area contributed by atoms with Crippen LogP contribution in [-0.2, 0) is 24.4 Å². The van der Waals surface area contributed by atoms with E-state index in [0.29, 0.717) is 19.6 Å². The third-order valence-corrected chi connectivity index (χ3v) is 8.73. The Morgan fingerprint density at radius 3 is 1.82 bits per heavy atom. The number of hydrogen-bond donors (Lipinski definition) is 3. The van der Waals surface area contributed by atoms with E-state index in [0.717, 1.165) is 48.4 Å². The fourth-order valence-corrected chi connectivity index (χ4v) is 6.27. The summed E-state index contributed by atoms with van der Waals surface area (Å²) in [6.45, 7) is 6.83. The Balaban J connectivity index is 1.41. The molecule has 9 heteroatoms. The van der Waals surface area contributed by atoms with E-state index in [1.807, 2.05) is 36.4 Å². The van der Waals surface area contributed by atoms with Crippen molar-refractivity contribution in [2.24, 2.45) is 0 Å². The minimum absolute atomic E-state index is 0.142. The van der Waals surface area contributed by atoms with Crippen LogP contribution in [0.25, 0.3) is 11.1 Å². The number of nitrogens with zero attached hydrogens (tertiary/aromatic N) is 1. The highest BCUT2D eigenvalue weighted by atomic mass is 32.1. The molecule has 0 atom stereocenters. The highest BCUT2D eigenvalue weighted by molar-refractivity contribution is 7.12. The Morgan fingerprint density at radius 1 is 0.705 bits per heavy atom. The number of aryl methyl sites for hydroxylation is 2. The first-order valence-corrected chi connectivity index (χ1v) is 15.3. The van der Waals surface area contributed by atoms with Gasteiger partial charge in [-0.3, -0.25) is 9.69 Å². The van der Waals surface area contributed by atoms with Crippen molar-refractivity contribution in [3.8, 4) is 16.9 Å². The van der Waals surface area contributed by atoms with Crippen molar-refractivity contribution in [3.63, 3.8) is 0 Å². The predicted octanol–water partition coefficient (Wildman–Crippen LogP) is 7.31. The van der Waals surface area contributed by atoms with Gasteiger partial charge in [0.25, 0.3) is 0 Å². The SMILES string of the molecule is Cc1sc(C)c(COc2ccc(-c3ccc(C(=O)O)cc3)cc2)c1CCN(CCCCC(=O)O)Cc1ccc(C(=O)O)cc1. The largest absolute Gasteiger partial charge is 0.489 e. The average molecular weight is 616 g/mol. The first kappa shape index (κ1) is 32.4. The van der Waals surface area contributed by atoms with Crippen molar-refractivity contribution >= 4 is 29.2 Å². The first-order chi connectivity index (χ1) is 21.1. The molecule has 0 saturated carbocycles. The third-order valence-electron chi connectivity index (χ3n) is 7.62.